The van der Waals surface area contributed by atoms with E-state index in [1.54, 1.807) is 14.2 Å². The molecule has 1 N–H and O–H groups in total. The molecule has 1 aromatic carbocycles. The number of ether oxygens (including phenoxy) is 3. The molecule has 130 valence electrons. The van der Waals surface area contributed by atoms with Gasteiger partial charge in [0.25, 0.3) is 0 Å². The topological polar surface area (TPSA) is 65.0 Å². The van der Waals surface area contributed by atoms with E-state index in [0.717, 1.165) is 17.5 Å². The molecule has 0 fully saturated rings. The Bertz CT molecular complexity index is 510. The number of carboxylic acids is 1. The summed E-state index contributed by atoms with van der Waals surface area (Å²) in [4.78, 5) is 11.4. The average molecular weight is 324 g/mol. The molecule has 5 heteroatoms. The summed E-state index contributed by atoms with van der Waals surface area (Å²) in [5.41, 5.74) is 1.92. The average Bonchev–Trinajstić information content (AvgIpc) is 2.50. The third kappa shape index (κ3) is 5.43. The van der Waals surface area contributed by atoms with Crippen LogP contribution in [0.4, 0.5) is 0 Å². The van der Waals surface area contributed by atoms with Gasteiger partial charge < -0.3 is 19.3 Å². The highest BCUT2D eigenvalue weighted by molar-refractivity contribution is 5.71. The van der Waals surface area contributed by atoms with Crippen LogP contribution in [0, 0.1) is 18.8 Å². The Kier molecular flexibility index (Phi) is 7.89. The van der Waals surface area contributed by atoms with Gasteiger partial charge in [-0.2, -0.15) is 0 Å². The summed E-state index contributed by atoms with van der Waals surface area (Å²) in [5.74, 6) is 0.246. The number of rotatable bonds is 10. The lowest BCUT2D eigenvalue weighted by atomic mass is 9.87. The molecule has 0 amide bonds. The minimum absolute atomic E-state index is 0.0695. The normalized spacial score (nSPS) is 12.3. The number of benzene rings is 1. The van der Waals surface area contributed by atoms with E-state index in [1.165, 1.54) is 0 Å². The molecule has 0 aliphatic rings. The first kappa shape index (κ1) is 19.3. The fourth-order valence-electron chi connectivity index (χ4n) is 2.49. The van der Waals surface area contributed by atoms with E-state index >= 15 is 0 Å². The molecule has 0 unspecified atom stereocenters. The highest BCUT2D eigenvalue weighted by Crippen LogP contribution is 2.35. The molecule has 0 aliphatic heterocycles. The van der Waals surface area contributed by atoms with Crippen LogP contribution in [0.3, 0.4) is 0 Å². The third-order valence-electron chi connectivity index (χ3n) is 4.00. The van der Waals surface area contributed by atoms with Crippen molar-refractivity contribution in [3.63, 3.8) is 0 Å². The van der Waals surface area contributed by atoms with Crippen LogP contribution >= 0.6 is 0 Å². The first-order valence-corrected chi connectivity index (χ1v) is 7.93. The smallest absolute Gasteiger partial charge is 0.307 e. The van der Waals surface area contributed by atoms with Gasteiger partial charge in [-0.3, -0.25) is 4.79 Å². The Morgan fingerprint density at radius 2 is 1.91 bits per heavy atom. The van der Waals surface area contributed by atoms with Crippen molar-refractivity contribution in [1.29, 1.82) is 0 Å². The Balaban J connectivity index is 2.99. The monoisotopic (exact) mass is 324 g/mol. The van der Waals surface area contributed by atoms with Gasteiger partial charge in [0.2, 0.25) is 0 Å². The van der Waals surface area contributed by atoms with Crippen molar-refractivity contribution >= 4 is 5.97 Å². The van der Waals surface area contributed by atoms with Gasteiger partial charge in [0.05, 0.1) is 19.6 Å². The predicted molar refractivity (Wildman–Crippen MR) is 89.4 cm³/mol. The van der Waals surface area contributed by atoms with E-state index in [4.69, 9.17) is 14.2 Å². The van der Waals surface area contributed by atoms with Crippen molar-refractivity contribution in [2.24, 2.45) is 11.8 Å². The van der Waals surface area contributed by atoms with Gasteiger partial charge >= 0.3 is 5.97 Å². The molecule has 0 saturated heterocycles. The SMILES string of the molecule is COCCCOc1c(OC)ccc(C[C@@H](C(=O)O)C(C)C)c1C. The molecule has 5 nitrogen and oxygen atoms in total. The number of carboxylic acid groups (broad SMARTS) is 1. The number of carbonyl (C=O) groups is 1. The van der Waals surface area contributed by atoms with Crippen molar-refractivity contribution < 1.29 is 24.1 Å². The van der Waals surface area contributed by atoms with E-state index in [2.05, 4.69) is 0 Å². The largest absolute Gasteiger partial charge is 0.493 e. The van der Waals surface area contributed by atoms with Crippen molar-refractivity contribution in [3.05, 3.63) is 23.3 Å². The maximum atomic E-state index is 11.4. The van der Waals surface area contributed by atoms with Gasteiger partial charge in [0.15, 0.2) is 11.5 Å². The molecule has 1 atom stereocenters. The summed E-state index contributed by atoms with van der Waals surface area (Å²) in [7, 11) is 3.26. The van der Waals surface area contributed by atoms with Crippen LogP contribution in [0.25, 0.3) is 0 Å². The van der Waals surface area contributed by atoms with E-state index in [0.29, 0.717) is 31.1 Å². The molecule has 0 aromatic heterocycles. The molecule has 0 spiro atoms. The molecule has 1 aromatic rings. The summed E-state index contributed by atoms with van der Waals surface area (Å²) in [6.45, 7) is 6.97. The van der Waals surface area contributed by atoms with E-state index in [1.807, 2.05) is 32.9 Å². The highest BCUT2D eigenvalue weighted by atomic mass is 16.5. The third-order valence-corrected chi connectivity index (χ3v) is 4.00. The first-order valence-electron chi connectivity index (χ1n) is 7.93. The second kappa shape index (κ2) is 9.40. The quantitative estimate of drug-likeness (QED) is 0.669. The number of hydrogen-bond acceptors (Lipinski definition) is 4. The van der Waals surface area contributed by atoms with Gasteiger partial charge in [-0.1, -0.05) is 19.9 Å². The highest BCUT2D eigenvalue weighted by Gasteiger charge is 2.24. The van der Waals surface area contributed by atoms with Crippen LogP contribution in [-0.2, 0) is 16.0 Å². The lowest BCUT2D eigenvalue weighted by molar-refractivity contribution is -0.143. The van der Waals surface area contributed by atoms with Gasteiger partial charge in [0.1, 0.15) is 0 Å². The van der Waals surface area contributed by atoms with Gasteiger partial charge in [-0.15, -0.1) is 0 Å². The van der Waals surface area contributed by atoms with Crippen LogP contribution in [0.15, 0.2) is 12.1 Å². The van der Waals surface area contributed by atoms with E-state index < -0.39 is 11.9 Å². The van der Waals surface area contributed by atoms with E-state index in [9.17, 15) is 9.90 Å². The Morgan fingerprint density at radius 1 is 1.22 bits per heavy atom. The van der Waals surface area contributed by atoms with Crippen molar-refractivity contribution in [3.8, 4) is 11.5 Å². The van der Waals surface area contributed by atoms with Crippen LogP contribution in [-0.4, -0.2) is 38.5 Å². The zero-order chi connectivity index (χ0) is 17.4. The molecule has 0 saturated carbocycles. The number of hydrogen-bond donors (Lipinski definition) is 1. The van der Waals surface area contributed by atoms with Crippen LogP contribution in [0.2, 0.25) is 0 Å². The van der Waals surface area contributed by atoms with Gasteiger partial charge in [0, 0.05) is 20.1 Å². The van der Waals surface area contributed by atoms with Crippen molar-refractivity contribution in [2.75, 3.05) is 27.4 Å². The number of aliphatic carboxylic acids is 1. The second-order valence-corrected chi connectivity index (χ2v) is 5.97. The lowest BCUT2D eigenvalue weighted by Crippen LogP contribution is -2.22. The Hall–Kier alpha value is -1.75. The summed E-state index contributed by atoms with van der Waals surface area (Å²) >= 11 is 0. The minimum Gasteiger partial charge on any atom is -0.493 e. The van der Waals surface area contributed by atoms with Crippen LogP contribution < -0.4 is 9.47 Å². The van der Waals surface area contributed by atoms with Gasteiger partial charge in [-0.05, 0) is 36.5 Å². The zero-order valence-electron chi connectivity index (χ0n) is 14.7. The summed E-state index contributed by atoms with van der Waals surface area (Å²) in [5, 5.41) is 9.40. The van der Waals surface area contributed by atoms with Gasteiger partial charge in [-0.25, -0.2) is 0 Å². The predicted octanol–water partition coefficient (Wildman–Crippen LogP) is 3.32. The van der Waals surface area contributed by atoms with E-state index in [-0.39, 0.29) is 5.92 Å². The maximum Gasteiger partial charge on any atom is 0.307 e. The summed E-state index contributed by atoms with van der Waals surface area (Å²) < 4.78 is 16.2. The Morgan fingerprint density at radius 3 is 2.43 bits per heavy atom. The van der Waals surface area contributed by atoms with Crippen molar-refractivity contribution in [2.45, 2.75) is 33.6 Å². The van der Waals surface area contributed by atoms with Crippen molar-refractivity contribution in [1.82, 2.24) is 0 Å². The van der Waals surface area contributed by atoms with Crippen LogP contribution in [0.5, 0.6) is 11.5 Å². The number of methoxy groups -OCH3 is 2. The standard InChI is InChI=1S/C18H28O5/c1-12(2)15(18(19)20)11-14-7-8-16(22-5)17(13(14)3)23-10-6-9-21-4/h7-8,12,15H,6,9-11H2,1-5H3,(H,19,20)/t15-/m1/s1. The van der Waals surface area contributed by atoms with Crippen LogP contribution in [0.1, 0.15) is 31.4 Å². The fourth-order valence-corrected chi connectivity index (χ4v) is 2.49. The molecule has 23 heavy (non-hydrogen) atoms. The molecule has 0 bridgehead atoms. The summed E-state index contributed by atoms with van der Waals surface area (Å²) in [6.07, 6.45) is 1.27. The second-order valence-electron chi connectivity index (χ2n) is 5.97. The molecule has 0 radical (unpaired) electrons. The maximum absolute atomic E-state index is 11.4. The fraction of sp³-hybridized carbons (Fsp3) is 0.611. The molecule has 0 heterocycles. The first-order chi connectivity index (χ1) is 10.9. The Labute approximate surface area is 138 Å². The molecule has 1 rings (SSSR count). The lowest BCUT2D eigenvalue weighted by Gasteiger charge is -2.20. The minimum atomic E-state index is -0.766. The molecular formula is C18H28O5. The zero-order valence-corrected chi connectivity index (χ0v) is 14.7. The summed E-state index contributed by atoms with van der Waals surface area (Å²) in [6, 6.07) is 3.77. The molecular weight excluding hydrogens is 296 g/mol. The molecule has 0 aliphatic carbocycles.